The van der Waals surface area contributed by atoms with Gasteiger partial charge in [0.05, 0.1) is 0 Å². The number of aromatic nitrogens is 2. The molecule has 1 fully saturated rings. The molecule has 0 atom stereocenters. The fraction of sp³-hybridized carbons (Fsp3) is 0.857. The summed E-state index contributed by atoms with van der Waals surface area (Å²) in [6.07, 6.45) is 10.4. The Balaban J connectivity index is 1.81. The highest BCUT2D eigenvalue weighted by Gasteiger charge is 2.24. The van der Waals surface area contributed by atoms with Crippen LogP contribution >= 0.6 is 11.3 Å². The quantitative estimate of drug-likeness (QED) is 0.858. The van der Waals surface area contributed by atoms with Crippen LogP contribution in [0.2, 0.25) is 0 Å². The normalized spacial score (nSPS) is 24.3. The van der Waals surface area contributed by atoms with Crippen LogP contribution in [0.4, 0.5) is 0 Å². The Labute approximate surface area is 114 Å². The minimum Gasteiger partial charge on any atom is -0.330 e. The van der Waals surface area contributed by atoms with Crippen LogP contribution in [-0.2, 0) is 6.42 Å². The third-order valence-electron chi connectivity index (χ3n) is 4.00. The third-order valence-corrected chi connectivity index (χ3v) is 5.15. The second-order valence-electron chi connectivity index (χ2n) is 5.43. The van der Waals surface area contributed by atoms with Gasteiger partial charge in [0.15, 0.2) is 0 Å². The molecule has 2 rings (SSSR count). The molecule has 0 spiro atoms. The standard InChI is InChI=1S/C14H25N3S/c1-2-3-4-11-5-7-12(8-6-11)14-17-16-13(18-14)9-10-15/h11-12H,2-10,15H2,1H3. The van der Waals surface area contributed by atoms with Crippen molar-refractivity contribution in [2.45, 2.75) is 64.2 Å². The monoisotopic (exact) mass is 267 g/mol. The van der Waals surface area contributed by atoms with Gasteiger partial charge in [0, 0.05) is 12.3 Å². The largest absolute Gasteiger partial charge is 0.330 e. The van der Waals surface area contributed by atoms with Crippen molar-refractivity contribution in [3.63, 3.8) is 0 Å². The molecular formula is C14H25N3S. The molecule has 1 aromatic rings. The average Bonchev–Trinajstić information content (AvgIpc) is 2.86. The Bertz CT molecular complexity index is 343. The molecular weight excluding hydrogens is 242 g/mol. The second kappa shape index (κ2) is 7.19. The van der Waals surface area contributed by atoms with Crippen LogP contribution in [0, 0.1) is 5.92 Å². The molecule has 0 aliphatic heterocycles. The summed E-state index contributed by atoms with van der Waals surface area (Å²) in [5.74, 6) is 1.64. The lowest BCUT2D eigenvalue weighted by Gasteiger charge is -2.26. The predicted octanol–water partition coefficient (Wildman–Crippen LogP) is 3.50. The van der Waals surface area contributed by atoms with Crippen molar-refractivity contribution in [1.29, 1.82) is 0 Å². The van der Waals surface area contributed by atoms with Gasteiger partial charge in [-0.3, -0.25) is 0 Å². The van der Waals surface area contributed by atoms with Gasteiger partial charge in [-0.1, -0.05) is 26.2 Å². The maximum atomic E-state index is 5.55. The number of unbranched alkanes of at least 4 members (excludes halogenated alkanes) is 1. The molecule has 1 aliphatic rings. The van der Waals surface area contributed by atoms with Crippen molar-refractivity contribution in [2.24, 2.45) is 11.7 Å². The fourth-order valence-electron chi connectivity index (χ4n) is 2.85. The first-order valence-electron chi connectivity index (χ1n) is 7.35. The summed E-state index contributed by atoms with van der Waals surface area (Å²) in [6.45, 7) is 2.96. The van der Waals surface area contributed by atoms with E-state index in [0.29, 0.717) is 12.5 Å². The highest BCUT2D eigenvalue weighted by molar-refractivity contribution is 7.11. The van der Waals surface area contributed by atoms with Crippen LogP contribution in [0.15, 0.2) is 0 Å². The zero-order valence-corrected chi connectivity index (χ0v) is 12.2. The number of hydrogen-bond donors (Lipinski definition) is 1. The van der Waals surface area contributed by atoms with Crippen molar-refractivity contribution >= 4 is 11.3 Å². The van der Waals surface area contributed by atoms with Crippen LogP contribution in [0.3, 0.4) is 0 Å². The molecule has 1 heterocycles. The van der Waals surface area contributed by atoms with E-state index in [0.717, 1.165) is 17.3 Å². The summed E-state index contributed by atoms with van der Waals surface area (Å²) in [5.41, 5.74) is 5.55. The summed E-state index contributed by atoms with van der Waals surface area (Å²) in [5, 5.41) is 11.0. The van der Waals surface area contributed by atoms with Crippen molar-refractivity contribution in [3.05, 3.63) is 10.0 Å². The van der Waals surface area contributed by atoms with E-state index in [4.69, 9.17) is 5.73 Å². The summed E-state index contributed by atoms with van der Waals surface area (Å²) in [4.78, 5) is 0. The number of hydrogen-bond acceptors (Lipinski definition) is 4. The minimum atomic E-state index is 0.673. The van der Waals surface area contributed by atoms with E-state index in [2.05, 4.69) is 17.1 Å². The molecule has 0 unspecified atom stereocenters. The minimum absolute atomic E-state index is 0.673. The first kappa shape index (κ1) is 13.9. The lowest BCUT2D eigenvalue weighted by molar-refractivity contribution is 0.303. The van der Waals surface area contributed by atoms with Crippen molar-refractivity contribution in [2.75, 3.05) is 6.54 Å². The van der Waals surface area contributed by atoms with Gasteiger partial charge in [-0.25, -0.2) is 0 Å². The maximum absolute atomic E-state index is 5.55. The Morgan fingerprint density at radius 3 is 2.67 bits per heavy atom. The predicted molar refractivity (Wildman–Crippen MR) is 76.9 cm³/mol. The zero-order chi connectivity index (χ0) is 12.8. The maximum Gasteiger partial charge on any atom is 0.120 e. The van der Waals surface area contributed by atoms with E-state index in [1.165, 1.54) is 50.0 Å². The number of nitrogens with two attached hydrogens (primary N) is 1. The van der Waals surface area contributed by atoms with Gasteiger partial charge in [-0.15, -0.1) is 21.5 Å². The topological polar surface area (TPSA) is 51.8 Å². The van der Waals surface area contributed by atoms with E-state index >= 15 is 0 Å². The van der Waals surface area contributed by atoms with Gasteiger partial charge in [0.2, 0.25) is 0 Å². The molecule has 0 aromatic carbocycles. The lowest BCUT2D eigenvalue weighted by atomic mass is 9.80. The highest BCUT2D eigenvalue weighted by atomic mass is 32.1. The van der Waals surface area contributed by atoms with E-state index in [1.54, 1.807) is 11.3 Å². The molecule has 0 saturated heterocycles. The zero-order valence-electron chi connectivity index (χ0n) is 11.4. The Kier molecular flexibility index (Phi) is 5.57. The van der Waals surface area contributed by atoms with Gasteiger partial charge in [-0.2, -0.15) is 0 Å². The molecule has 18 heavy (non-hydrogen) atoms. The summed E-state index contributed by atoms with van der Waals surface area (Å²) < 4.78 is 0. The SMILES string of the molecule is CCCCC1CCC(c2nnc(CCN)s2)CC1. The number of nitrogens with zero attached hydrogens (tertiary/aromatic N) is 2. The fourth-order valence-corrected chi connectivity index (χ4v) is 3.87. The molecule has 0 amide bonds. The van der Waals surface area contributed by atoms with Crippen molar-refractivity contribution in [1.82, 2.24) is 10.2 Å². The van der Waals surface area contributed by atoms with Crippen LogP contribution in [0.25, 0.3) is 0 Å². The second-order valence-corrected chi connectivity index (χ2v) is 6.53. The van der Waals surface area contributed by atoms with Gasteiger partial charge in [-0.05, 0) is 38.1 Å². The van der Waals surface area contributed by atoms with Gasteiger partial charge in [0.25, 0.3) is 0 Å². The molecule has 4 heteroatoms. The van der Waals surface area contributed by atoms with Crippen molar-refractivity contribution in [3.8, 4) is 0 Å². The summed E-state index contributed by atoms with van der Waals surface area (Å²) >= 11 is 1.78. The van der Waals surface area contributed by atoms with Gasteiger partial charge in [0.1, 0.15) is 10.0 Å². The highest BCUT2D eigenvalue weighted by Crippen LogP contribution is 2.38. The van der Waals surface area contributed by atoms with E-state index in [9.17, 15) is 0 Å². The van der Waals surface area contributed by atoms with E-state index < -0.39 is 0 Å². The average molecular weight is 267 g/mol. The Hall–Kier alpha value is -0.480. The molecule has 102 valence electrons. The smallest absolute Gasteiger partial charge is 0.120 e. The summed E-state index contributed by atoms with van der Waals surface area (Å²) in [6, 6.07) is 0. The summed E-state index contributed by atoms with van der Waals surface area (Å²) in [7, 11) is 0. The molecule has 0 radical (unpaired) electrons. The molecule has 3 nitrogen and oxygen atoms in total. The first-order chi connectivity index (χ1) is 8.83. The molecule has 1 aromatic heterocycles. The van der Waals surface area contributed by atoms with Crippen LogP contribution in [0.1, 0.15) is 67.8 Å². The lowest BCUT2D eigenvalue weighted by Crippen LogP contribution is -2.13. The Morgan fingerprint density at radius 2 is 2.00 bits per heavy atom. The van der Waals surface area contributed by atoms with Crippen molar-refractivity contribution < 1.29 is 0 Å². The molecule has 1 saturated carbocycles. The Morgan fingerprint density at radius 1 is 1.22 bits per heavy atom. The molecule has 2 N–H and O–H groups in total. The van der Waals surface area contributed by atoms with Crippen LogP contribution in [-0.4, -0.2) is 16.7 Å². The van der Waals surface area contributed by atoms with E-state index in [-0.39, 0.29) is 0 Å². The number of rotatable bonds is 6. The third kappa shape index (κ3) is 3.75. The molecule has 1 aliphatic carbocycles. The molecule has 0 bridgehead atoms. The van der Waals surface area contributed by atoms with Gasteiger partial charge >= 0.3 is 0 Å². The van der Waals surface area contributed by atoms with E-state index in [1.807, 2.05) is 0 Å². The van der Waals surface area contributed by atoms with Crippen LogP contribution < -0.4 is 5.73 Å². The van der Waals surface area contributed by atoms with Gasteiger partial charge < -0.3 is 5.73 Å². The first-order valence-corrected chi connectivity index (χ1v) is 8.17. The van der Waals surface area contributed by atoms with Crippen LogP contribution in [0.5, 0.6) is 0 Å².